The lowest BCUT2D eigenvalue weighted by Crippen LogP contribution is -2.14. The van der Waals surface area contributed by atoms with Gasteiger partial charge in [-0.15, -0.1) is 0 Å². The van der Waals surface area contributed by atoms with Crippen LogP contribution in [0.4, 0.5) is 4.39 Å². The summed E-state index contributed by atoms with van der Waals surface area (Å²) in [5.41, 5.74) is 0.900. The molecule has 1 saturated carbocycles. The van der Waals surface area contributed by atoms with Crippen LogP contribution in [0, 0.1) is 5.82 Å². The zero-order valence-corrected chi connectivity index (χ0v) is 9.63. The molecule has 0 amide bonds. The number of halogens is 2. The number of hydrogen-bond acceptors (Lipinski definition) is 0. The number of alkyl halides is 1. The van der Waals surface area contributed by atoms with Gasteiger partial charge in [-0.25, -0.2) is 4.39 Å². The van der Waals surface area contributed by atoms with Gasteiger partial charge in [-0.3, -0.25) is 0 Å². The van der Waals surface area contributed by atoms with Crippen molar-refractivity contribution in [3.8, 4) is 0 Å². The van der Waals surface area contributed by atoms with Crippen molar-refractivity contribution in [2.75, 3.05) is 0 Å². The molecule has 0 nitrogen and oxygen atoms in total. The largest absolute Gasteiger partial charge is 0.207 e. The molecule has 1 aliphatic rings. The lowest BCUT2D eigenvalue weighted by molar-refractivity contribution is 0.442. The highest BCUT2D eigenvalue weighted by atomic mass is 79.9. The normalized spacial score (nSPS) is 27.6. The molecule has 0 aliphatic heterocycles. The van der Waals surface area contributed by atoms with E-state index in [9.17, 15) is 4.39 Å². The maximum atomic E-state index is 13.5. The molecular formula is C12H14BrF. The Morgan fingerprint density at radius 1 is 1.21 bits per heavy atom. The first-order chi connectivity index (χ1) is 6.77. The Morgan fingerprint density at radius 3 is 2.71 bits per heavy atom. The van der Waals surface area contributed by atoms with E-state index in [2.05, 4.69) is 15.9 Å². The second-order valence-corrected chi connectivity index (χ2v) is 5.28. The molecule has 0 N–H and O–H groups in total. The molecule has 2 atom stereocenters. The van der Waals surface area contributed by atoms with Crippen molar-refractivity contribution in [2.24, 2.45) is 0 Å². The third kappa shape index (κ3) is 2.17. The van der Waals surface area contributed by atoms with E-state index in [1.54, 1.807) is 12.1 Å². The maximum Gasteiger partial charge on any atom is 0.126 e. The monoisotopic (exact) mass is 256 g/mol. The lowest BCUT2D eigenvalue weighted by Gasteiger charge is -2.26. The smallest absolute Gasteiger partial charge is 0.126 e. The Kier molecular flexibility index (Phi) is 3.22. The summed E-state index contributed by atoms with van der Waals surface area (Å²) in [5.74, 6) is 0.369. The van der Waals surface area contributed by atoms with Gasteiger partial charge in [-0.1, -0.05) is 40.5 Å². The second-order valence-electron chi connectivity index (χ2n) is 3.98. The molecule has 1 aromatic rings. The minimum atomic E-state index is -0.0425. The van der Waals surface area contributed by atoms with Crippen molar-refractivity contribution in [2.45, 2.75) is 36.4 Å². The van der Waals surface area contributed by atoms with Crippen molar-refractivity contribution in [3.63, 3.8) is 0 Å². The van der Waals surface area contributed by atoms with Crippen molar-refractivity contribution in [3.05, 3.63) is 35.6 Å². The average molecular weight is 257 g/mol. The summed E-state index contributed by atoms with van der Waals surface area (Å²) in [6, 6.07) is 7.17. The van der Waals surface area contributed by atoms with Crippen LogP contribution in [0.3, 0.4) is 0 Å². The fourth-order valence-corrected chi connectivity index (χ4v) is 2.99. The Balaban J connectivity index is 2.18. The quantitative estimate of drug-likeness (QED) is 0.660. The predicted octanol–water partition coefficient (Wildman–Crippen LogP) is 4.25. The van der Waals surface area contributed by atoms with Gasteiger partial charge in [0.25, 0.3) is 0 Å². The SMILES string of the molecule is Fc1ccccc1C1CCCC(Br)C1. The summed E-state index contributed by atoms with van der Waals surface area (Å²) >= 11 is 3.63. The van der Waals surface area contributed by atoms with Gasteiger partial charge in [-0.2, -0.15) is 0 Å². The van der Waals surface area contributed by atoms with E-state index in [0.29, 0.717) is 10.7 Å². The fraction of sp³-hybridized carbons (Fsp3) is 0.500. The van der Waals surface area contributed by atoms with E-state index in [4.69, 9.17) is 0 Å². The molecule has 2 unspecified atom stereocenters. The zero-order chi connectivity index (χ0) is 9.97. The Hall–Kier alpha value is -0.370. The molecule has 2 rings (SSSR count). The summed E-state index contributed by atoms with van der Waals surface area (Å²) < 4.78 is 13.5. The van der Waals surface area contributed by atoms with Crippen LogP contribution in [0.1, 0.15) is 37.2 Å². The van der Waals surface area contributed by atoms with Crippen LogP contribution in [0.5, 0.6) is 0 Å². The third-order valence-electron chi connectivity index (χ3n) is 2.96. The van der Waals surface area contributed by atoms with Crippen LogP contribution < -0.4 is 0 Å². The molecule has 76 valence electrons. The van der Waals surface area contributed by atoms with Crippen LogP contribution in [-0.4, -0.2) is 4.83 Å². The molecule has 0 radical (unpaired) electrons. The van der Waals surface area contributed by atoms with Crippen molar-refractivity contribution in [1.29, 1.82) is 0 Å². The molecule has 0 aromatic heterocycles. The molecule has 0 bridgehead atoms. The minimum absolute atomic E-state index is 0.0425. The highest BCUT2D eigenvalue weighted by Gasteiger charge is 2.23. The van der Waals surface area contributed by atoms with E-state index in [1.165, 1.54) is 12.8 Å². The number of benzene rings is 1. The predicted molar refractivity (Wildman–Crippen MR) is 60.3 cm³/mol. The van der Waals surface area contributed by atoms with Crippen LogP contribution in [-0.2, 0) is 0 Å². The number of hydrogen-bond donors (Lipinski definition) is 0. The third-order valence-corrected chi connectivity index (χ3v) is 3.79. The molecule has 14 heavy (non-hydrogen) atoms. The van der Waals surface area contributed by atoms with Gasteiger partial charge in [0.05, 0.1) is 0 Å². The summed E-state index contributed by atoms with van der Waals surface area (Å²) in [6.45, 7) is 0. The highest BCUT2D eigenvalue weighted by Crippen LogP contribution is 2.36. The van der Waals surface area contributed by atoms with Gasteiger partial charge < -0.3 is 0 Å². The summed E-state index contributed by atoms with van der Waals surface area (Å²) in [4.78, 5) is 0.570. The lowest BCUT2D eigenvalue weighted by atomic mass is 9.84. The van der Waals surface area contributed by atoms with Crippen molar-refractivity contribution < 1.29 is 4.39 Å². The van der Waals surface area contributed by atoms with E-state index < -0.39 is 0 Å². The van der Waals surface area contributed by atoms with E-state index in [1.807, 2.05) is 12.1 Å². The Morgan fingerprint density at radius 2 is 2.00 bits per heavy atom. The van der Waals surface area contributed by atoms with E-state index in [-0.39, 0.29) is 5.82 Å². The van der Waals surface area contributed by atoms with Gasteiger partial charge in [0, 0.05) is 4.83 Å². The van der Waals surface area contributed by atoms with E-state index in [0.717, 1.165) is 18.4 Å². The van der Waals surface area contributed by atoms with Crippen molar-refractivity contribution in [1.82, 2.24) is 0 Å². The molecule has 2 heteroatoms. The van der Waals surface area contributed by atoms with Gasteiger partial charge in [0.1, 0.15) is 5.82 Å². The minimum Gasteiger partial charge on any atom is -0.207 e. The second kappa shape index (κ2) is 4.43. The van der Waals surface area contributed by atoms with Crippen LogP contribution >= 0.6 is 15.9 Å². The van der Waals surface area contributed by atoms with E-state index >= 15 is 0 Å². The summed E-state index contributed by atoms with van der Waals surface area (Å²) in [7, 11) is 0. The first kappa shape index (κ1) is 10.2. The van der Waals surface area contributed by atoms with Crippen LogP contribution in [0.15, 0.2) is 24.3 Å². The Bertz CT molecular complexity index is 311. The molecule has 0 saturated heterocycles. The van der Waals surface area contributed by atoms with Gasteiger partial charge in [-0.05, 0) is 36.8 Å². The highest BCUT2D eigenvalue weighted by molar-refractivity contribution is 9.09. The first-order valence-corrected chi connectivity index (χ1v) is 6.07. The molecule has 0 spiro atoms. The van der Waals surface area contributed by atoms with Gasteiger partial charge in [0.15, 0.2) is 0 Å². The first-order valence-electron chi connectivity index (χ1n) is 5.16. The number of rotatable bonds is 1. The van der Waals surface area contributed by atoms with Crippen molar-refractivity contribution >= 4 is 15.9 Å². The fourth-order valence-electron chi connectivity index (χ4n) is 2.22. The van der Waals surface area contributed by atoms with Gasteiger partial charge >= 0.3 is 0 Å². The molecule has 1 fully saturated rings. The van der Waals surface area contributed by atoms with Crippen LogP contribution in [0.2, 0.25) is 0 Å². The average Bonchev–Trinajstić information content (AvgIpc) is 2.18. The topological polar surface area (TPSA) is 0 Å². The molecule has 0 heterocycles. The van der Waals surface area contributed by atoms with Gasteiger partial charge in [0.2, 0.25) is 0 Å². The molecule has 1 aliphatic carbocycles. The summed E-state index contributed by atoms with van der Waals surface area (Å²) in [6.07, 6.45) is 4.63. The molecule has 1 aromatic carbocycles. The molecular weight excluding hydrogens is 243 g/mol. The zero-order valence-electron chi connectivity index (χ0n) is 8.05. The van der Waals surface area contributed by atoms with Crippen LogP contribution in [0.25, 0.3) is 0 Å². The standard InChI is InChI=1S/C12H14BrF/c13-10-5-3-4-9(8-10)11-6-1-2-7-12(11)14/h1-2,6-7,9-10H,3-5,8H2. The Labute approximate surface area is 92.6 Å². The summed E-state index contributed by atoms with van der Waals surface area (Å²) in [5, 5.41) is 0. The maximum absolute atomic E-state index is 13.5.